The van der Waals surface area contributed by atoms with Gasteiger partial charge in [-0.05, 0) is 33.3 Å². The molecule has 0 aliphatic rings. The molecule has 1 rings (SSSR count). The molecule has 0 saturated carbocycles. The molecule has 0 unspecified atom stereocenters. The lowest BCUT2D eigenvalue weighted by molar-refractivity contribution is -0.140. The van der Waals surface area contributed by atoms with E-state index >= 15 is 0 Å². The van der Waals surface area contributed by atoms with Crippen LogP contribution in [0.4, 0.5) is 0 Å². The molecule has 2 amide bonds. The molecule has 1 aromatic carbocycles. The molecule has 0 heterocycles. The van der Waals surface area contributed by atoms with Crippen molar-refractivity contribution in [3.63, 3.8) is 0 Å². The van der Waals surface area contributed by atoms with Crippen LogP contribution in [0.1, 0.15) is 31.9 Å². The number of carbonyl (C=O) groups is 2. The minimum atomic E-state index is -0.779. The second kappa shape index (κ2) is 6.13. The summed E-state index contributed by atoms with van der Waals surface area (Å²) in [7, 11) is 0. The molecule has 0 saturated heterocycles. The number of aryl methyl sites for hydroxylation is 1. The Morgan fingerprint density at radius 2 is 1.68 bits per heavy atom. The largest absolute Gasteiger partial charge is 0.343 e. The zero-order valence-corrected chi connectivity index (χ0v) is 11.7. The second-order valence-electron chi connectivity index (χ2n) is 5.31. The monoisotopic (exact) mass is 261 g/mol. The minimum absolute atomic E-state index is 0.449. The fraction of sp³-hybridized carbons (Fsp3) is 0.357. The van der Waals surface area contributed by atoms with Crippen molar-refractivity contribution in [3.8, 4) is 0 Å². The molecule has 5 nitrogen and oxygen atoms in total. The molecular formula is C14H19N3O2. The van der Waals surface area contributed by atoms with Crippen molar-refractivity contribution >= 4 is 18.0 Å². The smallest absolute Gasteiger partial charge is 0.329 e. The standard InChI is InChI=1S/C14H19N3O2/c1-10-5-7-11(8-6-10)9-15-17-13(19)12(18)16-14(2,3)4/h5-9H,1-4H3,(H,16,18)(H,17,19)/b15-9+. The van der Waals surface area contributed by atoms with Gasteiger partial charge in [0.1, 0.15) is 0 Å². The molecule has 5 heteroatoms. The molecule has 0 aliphatic heterocycles. The number of hydrogen-bond donors (Lipinski definition) is 2. The molecule has 102 valence electrons. The average Bonchev–Trinajstić information content (AvgIpc) is 2.29. The molecule has 2 N–H and O–H groups in total. The van der Waals surface area contributed by atoms with Gasteiger partial charge in [-0.15, -0.1) is 0 Å². The minimum Gasteiger partial charge on any atom is -0.343 e. The van der Waals surface area contributed by atoms with Crippen LogP contribution in [-0.2, 0) is 9.59 Å². The van der Waals surface area contributed by atoms with E-state index in [1.54, 1.807) is 20.8 Å². The third kappa shape index (κ3) is 5.81. The number of rotatable bonds is 2. The van der Waals surface area contributed by atoms with Crippen LogP contribution in [0.15, 0.2) is 29.4 Å². The number of hydrogen-bond acceptors (Lipinski definition) is 3. The van der Waals surface area contributed by atoms with E-state index in [2.05, 4.69) is 15.8 Å². The number of hydrazone groups is 1. The van der Waals surface area contributed by atoms with Gasteiger partial charge in [-0.25, -0.2) is 5.43 Å². The molecule has 0 bridgehead atoms. The van der Waals surface area contributed by atoms with E-state index in [0.29, 0.717) is 0 Å². The highest BCUT2D eigenvalue weighted by Gasteiger charge is 2.19. The molecule has 0 atom stereocenters. The van der Waals surface area contributed by atoms with E-state index in [9.17, 15) is 9.59 Å². The summed E-state index contributed by atoms with van der Waals surface area (Å²) in [4.78, 5) is 22.9. The van der Waals surface area contributed by atoms with Crippen LogP contribution in [0.2, 0.25) is 0 Å². The number of amides is 2. The van der Waals surface area contributed by atoms with Crippen LogP contribution >= 0.6 is 0 Å². The Labute approximate surface area is 113 Å². The van der Waals surface area contributed by atoms with Crippen molar-refractivity contribution in [2.24, 2.45) is 5.10 Å². The molecule has 19 heavy (non-hydrogen) atoms. The van der Waals surface area contributed by atoms with Crippen LogP contribution in [0, 0.1) is 6.92 Å². The normalized spacial score (nSPS) is 11.4. The fourth-order valence-corrected chi connectivity index (χ4v) is 1.27. The van der Waals surface area contributed by atoms with Crippen LogP contribution in [-0.4, -0.2) is 23.6 Å². The van der Waals surface area contributed by atoms with E-state index in [1.165, 1.54) is 6.21 Å². The molecule has 0 aromatic heterocycles. The van der Waals surface area contributed by atoms with Gasteiger partial charge in [-0.2, -0.15) is 5.10 Å². The van der Waals surface area contributed by atoms with E-state index in [1.807, 2.05) is 31.2 Å². The first kappa shape index (κ1) is 14.9. The Hall–Kier alpha value is -2.17. The van der Waals surface area contributed by atoms with Crippen LogP contribution < -0.4 is 10.7 Å². The summed E-state index contributed by atoms with van der Waals surface area (Å²) in [5.74, 6) is -1.48. The summed E-state index contributed by atoms with van der Waals surface area (Å²) in [5.41, 5.74) is 3.73. The van der Waals surface area contributed by atoms with Crippen molar-refractivity contribution in [3.05, 3.63) is 35.4 Å². The van der Waals surface area contributed by atoms with Gasteiger partial charge in [0.15, 0.2) is 0 Å². The molecule has 1 aromatic rings. The van der Waals surface area contributed by atoms with Crippen molar-refractivity contribution in [2.75, 3.05) is 0 Å². The van der Waals surface area contributed by atoms with Crippen molar-refractivity contribution in [2.45, 2.75) is 33.2 Å². The summed E-state index contributed by atoms with van der Waals surface area (Å²) >= 11 is 0. The van der Waals surface area contributed by atoms with Gasteiger partial charge >= 0.3 is 11.8 Å². The summed E-state index contributed by atoms with van der Waals surface area (Å²) in [6.07, 6.45) is 1.49. The topological polar surface area (TPSA) is 70.6 Å². The van der Waals surface area contributed by atoms with Crippen molar-refractivity contribution in [1.82, 2.24) is 10.7 Å². The zero-order valence-electron chi connectivity index (χ0n) is 11.7. The molecule has 0 fully saturated rings. The van der Waals surface area contributed by atoms with Gasteiger partial charge in [0.25, 0.3) is 0 Å². The van der Waals surface area contributed by atoms with E-state index in [-0.39, 0.29) is 0 Å². The summed E-state index contributed by atoms with van der Waals surface area (Å²) in [6, 6.07) is 7.63. The van der Waals surface area contributed by atoms with Gasteiger partial charge < -0.3 is 5.32 Å². The molecule has 0 aliphatic carbocycles. The summed E-state index contributed by atoms with van der Waals surface area (Å²) in [6.45, 7) is 7.38. The Morgan fingerprint density at radius 1 is 1.11 bits per heavy atom. The van der Waals surface area contributed by atoms with E-state index in [0.717, 1.165) is 11.1 Å². The van der Waals surface area contributed by atoms with Crippen LogP contribution in [0.3, 0.4) is 0 Å². The third-order valence-corrected chi connectivity index (χ3v) is 2.15. The van der Waals surface area contributed by atoms with Gasteiger partial charge in [0, 0.05) is 5.54 Å². The fourth-order valence-electron chi connectivity index (χ4n) is 1.27. The van der Waals surface area contributed by atoms with E-state index < -0.39 is 17.4 Å². The predicted molar refractivity (Wildman–Crippen MR) is 74.8 cm³/mol. The summed E-state index contributed by atoms with van der Waals surface area (Å²) in [5, 5.41) is 6.29. The summed E-state index contributed by atoms with van der Waals surface area (Å²) < 4.78 is 0. The average molecular weight is 261 g/mol. The Bertz CT molecular complexity index is 484. The van der Waals surface area contributed by atoms with Crippen molar-refractivity contribution in [1.29, 1.82) is 0 Å². The van der Waals surface area contributed by atoms with Gasteiger partial charge in [-0.1, -0.05) is 29.8 Å². The second-order valence-corrected chi connectivity index (χ2v) is 5.31. The first-order valence-corrected chi connectivity index (χ1v) is 6.00. The number of carbonyl (C=O) groups excluding carboxylic acids is 2. The highest BCUT2D eigenvalue weighted by atomic mass is 16.2. The highest BCUT2D eigenvalue weighted by molar-refractivity contribution is 6.35. The molecule has 0 radical (unpaired) electrons. The number of nitrogens with zero attached hydrogens (tertiary/aromatic N) is 1. The first-order chi connectivity index (χ1) is 8.78. The van der Waals surface area contributed by atoms with Crippen LogP contribution in [0.25, 0.3) is 0 Å². The third-order valence-electron chi connectivity index (χ3n) is 2.15. The van der Waals surface area contributed by atoms with Gasteiger partial charge in [0.05, 0.1) is 6.21 Å². The Balaban J connectivity index is 2.50. The number of nitrogens with one attached hydrogen (secondary N) is 2. The molecule has 0 spiro atoms. The SMILES string of the molecule is Cc1ccc(/C=N/NC(=O)C(=O)NC(C)(C)C)cc1. The van der Waals surface area contributed by atoms with Crippen molar-refractivity contribution < 1.29 is 9.59 Å². The van der Waals surface area contributed by atoms with Gasteiger partial charge in [-0.3, -0.25) is 9.59 Å². The maximum Gasteiger partial charge on any atom is 0.329 e. The van der Waals surface area contributed by atoms with E-state index in [4.69, 9.17) is 0 Å². The lowest BCUT2D eigenvalue weighted by atomic mass is 10.1. The first-order valence-electron chi connectivity index (χ1n) is 6.00. The predicted octanol–water partition coefficient (Wildman–Crippen LogP) is 1.36. The number of benzene rings is 1. The maximum atomic E-state index is 11.4. The van der Waals surface area contributed by atoms with Gasteiger partial charge in [0.2, 0.25) is 0 Å². The molecular weight excluding hydrogens is 242 g/mol. The van der Waals surface area contributed by atoms with Crippen LogP contribution in [0.5, 0.6) is 0 Å². The zero-order chi connectivity index (χ0) is 14.5. The highest BCUT2D eigenvalue weighted by Crippen LogP contribution is 2.00. The Morgan fingerprint density at radius 3 is 2.21 bits per heavy atom. The quantitative estimate of drug-likeness (QED) is 0.479. The lowest BCUT2D eigenvalue weighted by Crippen LogP contribution is -2.47. The lowest BCUT2D eigenvalue weighted by Gasteiger charge is -2.19. The Kier molecular flexibility index (Phi) is 4.80. The maximum absolute atomic E-state index is 11.4.